The summed E-state index contributed by atoms with van der Waals surface area (Å²) in [5.41, 5.74) is 4.26. The van der Waals surface area contributed by atoms with Gasteiger partial charge in [0.05, 0.1) is 12.2 Å². The highest BCUT2D eigenvalue weighted by molar-refractivity contribution is 7.98. The van der Waals surface area contributed by atoms with Gasteiger partial charge in [-0.15, -0.1) is 23.1 Å². The van der Waals surface area contributed by atoms with Crippen molar-refractivity contribution >= 4 is 29.1 Å². The number of benzene rings is 2. The largest absolute Gasteiger partial charge is 0.462 e. The zero-order valence-corrected chi connectivity index (χ0v) is 16.1. The standard InChI is InChI=1S/C21H17NO2S2/c1-3-24-21(23)20-19(16(12-22)13-26-20)15-10-8-14(9-11-15)17-6-4-5-7-18(17)25-2/h4-11,13H,3H2,1-2H3. The van der Waals surface area contributed by atoms with Crippen LogP contribution in [0.1, 0.15) is 22.2 Å². The summed E-state index contributed by atoms with van der Waals surface area (Å²) >= 11 is 2.96. The minimum absolute atomic E-state index is 0.308. The Hall–Kier alpha value is -2.55. The fourth-order valence-corrected chi connectivity index (χ4v) is 4.30. The topological polar surface area (TPSA) is 50.1 Å². The lowest BCUT2D eigenvalue weighted by molar-refractivity contribution is 0.0533. The monoisotopic (exact) mass is 379 g/mol. The third-order valence-corrected chi connectivity index (χ3v) is 5.72. The molecule has 3 nitrogen and oxygen atoms in total. The quantitative estimate of drug-likeness (QED) is 0.412. The highest BCUT2D eigenvalue weighted by Crippen LogP contribution is 2.36. The van der Waals surface area contributed by atoms with E-state index >= 15 is 0 Å². The number of thioether (sulfide) groups is 1. The summed E-state index contributed by atoms with van der Waals surface area (Å²) in [7, 11) is 0. The number of rotatable bonds is 5. The maximum atomic E-state index is 12.2. The van der Waals surface area contributed by atoms with Crippen molar-refractivity contribution in [2.45, 2.75) is 11.8 Å². The van der Waals surface area contributed by atoms with Gasteiger partial charge in [-0.2, -0.15) is 5.26 Å². The molecule has 0 saturated carbocycles. The molecule has 0 aliphatic carbocycles. The molecule has 3 aromatic rings. The number of nitriles is 1. The number of nitrogens with zero attached hydrogens (tertiary/aromatic N) is 1. The normalized spacial score (nSPS) is 10.3. The van der Waals surface area contributed by atoms with Gasteiger partial charge in [0.25, 0.3) is 0 Å². The molecule has 0 N–H and O–H groups in total. The molecule has 2 aromatic carbocycles. The van der Waals surface area contributed by atoms with Crippen molar-refractivity contribution < 1.29 is 9.53 Å². The molecule has 1 aromatic heterocycles. The minimum Gasteiger partial charge on any atom is -0.462 e. The van der Waals surface area contributed by atoms with E-state index in [0.29, 0.717) is 22.6 Å². The average molecular weight is 380 g/mol. The molecule has 3 rings (SSSR count). The van der Waals surface area contributed by atoms with Gasteiger partial charge in [-0.1, -0.05) is 42.5 Å². The van der Waals surface area contributed by atoms with Crippen LogP contribution >= 0.6 is 23.1 Å². The molecule has 0 aliphatic heterocycles. The van der Waals surface area contributed by atoms with Crippen molar-refractivity contribution in [3.8, 4) is 28.3 Å². The predicted molar refractivity (Wildman–Crippen MR) is 108 cm³/mol. The molecule has 0 aliphatic rings. The second kappa shape index (κ2) is 8.22. The van der Waals surface area contributed by atoms with E-state index in [1.54, 1.807) is 24.1 Å². The summed E-state index contributed by atoms with van der Waals surface area (Å²) in [6.45, 7) is 2.08. The molecular formula is C21H17NO2S2. The molecule has 0 bridgehead atoms. The maximum absolute atomic E-state index is 12.2. The van der Waals surface area contributed by atoms with Gasteiger partial charge in [-0.05, 0) is 35.9 Å². The van der Waals surface area contributed by atoms with E-state index in [0.717, 1.165) is 11.1 Å². The summed E-state index contributed by atoms with van der Waals surface area (Å²) < 4.78 is 5.13. The van der Waals surface area contributed by atoms with Gasteiger partial charge in [0.1, 0.15) is 10.9 Å². The number of thiophene rings is 1. The summed E-state index contributed by atoms with van der Waals surface area (Å²) in [5.74, 6) is -0.384. The molecule has 5 heteroatoms. The fraction of sp³-hybridized carbons (Fsp3) is 0.143. The van der Waals surface area contributed by atoms with Crippen molar-refractivity contribution in [1.29, 1.82) is 5.26 Å². The van der Waals surface area contributed by atoms with Gasteiger partial charge in [-0.3, -0.25) is 0 Å². The van der Waals surface area contributed by atoms with Gasteiger partial charge in [0.15, 0.2) is 0 Å². The Morgan fingerprint density at radius 2 is 1.85 bits per heavy atom. The maximum Gasteiger partial charge on any atom is 0.348 e. The summed E-state index contributed by atoms with van der Waals surface area (Å²) in [6, 6.07) is 18.4. The number of carbonyl (C=O) groups is 1. The van der Waals surface area contributed by atoms with Gasteiger partial charge in [0, 0.05) is 15.8 Å². The van der Waals surface area contributed by atoms with Gasteiger partial charge >= 0.3 is 5.97 Å². The highest BCUT2D eigenvalue weighted by atomic mass is 32.2. The molecule has 0 fully saturated rings. The first-order chi connectivity index (χ1) is 12.7. The lowest BCUT2D eigenvalue weighted by Crippen LogP contribution is -2.04. The first-order valence-corrected chi connectivity index (χ1v) is 10.2. The summed E-state index contributed by atoms with van der Waals surface area (Å²) in [5, 5.41) is 11.1. The van der Waals surface area contributed by atoms with E-state index < -0.39 is 0 Å². The van der Waals surface area contributed by atoms with Crippen LogP contribution in [0.25, 0.3) is 22.3 Å². The van der Waals surface area contributed by atoms with Gasteiger partial charge in [-0.25, -0.2) is 4.79 Å². The lowest BCUT2D eigenvalue weighted by atomic mass is 9.98. The van der Waals surface area contributed by atoms with Crippen molar-refractivity contribution in [3.05, 3.63) is 64.4 Å². The lowest BCUT2D eigenvalue weighted by Gasteiger charge is -2.09. The van der Waals surface area contributed by atoms with E-state index in [2.05, 4.69) is 24.5 Å². The van der Waals surface area contributed by atoms with Crippen LogP contribution in [0.2, 0.25) is 0 Å². The molecule has 0 unspecified atom stereocenters. The Balaban J connectivity index is 2.03. The molecular weight excluding hydrogens is 362 g/mol. The minimum atomic E-state index is -0.384. The van der Waals surface area contributed by atoms with Crippen LogP contribution < -0.4 is 0 Å². The first kappa shape index (κ1) is 18.2. The summed E-state index contributed by atoms with van der Waals surface area (Å²) in [6.07, 6.45) is 2.06. The summed E-state index contributed by atoms with van der Waals surface area (Å²) in [4.78, 5) is 13.9. The SMILES string of the molecule is CCOC(=O)c1scc(C#N)c1-c1ccc(-c2ccccc2SC)cc1. The van der Waals surface area contributed by atoms with Crippen LogP contribution in [-0.2, 0) is 4.74 Å². The Morgan fingerprint density at radius 3 is 2.50 bits per heavy atom. The molecule has 1 heterocycles. The van der Waals surface area contributed by atoms with Crippen molar-refractivity contribution in [2.75, 3.05) is 12.9 Å². The van der Waals surface area contributed by atoms with E-state index in [9.17, 15) is 10.1 Å². The van der Waals surface area contributed by atoms with Crippen LogP contribution in [0.5, 0.6) is 0 Å². The second-order valence-corrected chi connectivity index (χ2v) is 7.19. The molecule has 0 atom stereocenters. The number of hydrogen-bond donors (Lipinski definition) is 0. The van der Waals surface area contributed by atoms with Gasteiger partial charge < -0.3 is 4.74 Å². The number of carbonyl (C=O) groups excluding carboxylic acids is 1. The fourth-order valence-electron chi connectivity index (χ4n) is 2.77. The van der Waals surface area contributed by atoms with Gasteiger partial charge in [0.2, 0.25) is 0 Å². The van der Waals surface area contributed by atoms with E-state index in [1.165, 1.54) is 21.8 Å². The second-order valence-electron chi connectivity index (χ2n) is 5.46. The highest BCUT2D eigenvalue weighted by Gasteiger charge is 2.20. The first-order valence-electron chi connectivity index (χ1n) is 8.12. The zero-order valence-electron chi connectivity index (χ0n) is 14.5. The third kappa shape index (κ3) is 3.52. The van der Waals surface area contributed by atoms with Crippen LogP contribution in [0, 0.1) is 11.3 Å². The molecule has 0 amide bonds. The van der Waals surface area contributed by atoms with Crippen LogP contribution in [0.4, 0.5) is 0 Å². The average Bonchev–Trinajstić information content (AvgIpc) is 3.12. The van der Waals surface area contributed by atoms with E-state index in [1.807, 2.05) is 36.4 Å². The zero-order chi connectivity index (χ0) is 18.5. The molecule has 0 radical (unpaired) electrons. The van der Waals surface area contributed by atoms with Crippen LogP contribution in [-0.4, -0.2) is 18.8 Å². The number of hydrogen-bond acceptors (Lipinski definition) is 5. The van der Waals surface area contributed by atoms with Crippen LogP contribution in [0.3, 0.4) is 0 Å². The Kier molecular flexibility index (Phi) is 5.77. The smallest absolute Gasteiger partial charge is 0.348 e. The van der Waals surface area contributed by atoms with E-state index in [4.69, 9.17) is 4.74 Å². The Bertz CT molecular complexity index is 968. The Labute approximate surface area is 161 Å². The van der Waals surface area contributed by atoms with E-state index in [-0.39, 0.29) is 5.97 Å². The van der Waals surface area contributed by atoms with Crippen LogP contribution in [0.15, 0.2) is 58.8 Å². The molecule has 0 saturated heterocycles. The Morgan fingerprint density at radius 1 is 1.15 bits per heavy atom. The number of esters is 1. The molecule has 130 valence electrons. The van der Waals surface area contributed by atoms with Crippen molar-refractivity contribution in [1.82, 2.24) is 0 Å². The van der Waals surface area contributed by atoms with Crippen molar-refractivity contribution in [3.63, 3.8) is 0 Å². The molecule has 0 spiro atoms. The van der Waals surface area contributed by atoms with Crippen molar-refractivity contribution in [2.24, 2.45) is 0 Å². The molecule has 26 heavy (non-hydrogen) atoms. The number of ether oxygens (including phenoxy) is 1. The third-order valence-electron chi connectivity index (χ3n) is 3.96. The predicted octanol–water partition coefficient (Wildman–Crippen LogP) is 5.85.